The summed E-state index contributed by atoms with van der Waals surface area (Å²) in [6.07, 6.45) is 5.53. The third-order valence-electron chi connectivity index (χ3n) is 20.5. The number of nitrogens with two attached hydrogens (primary N) is 1. The summed E-state index contributed by atoms with van der Waals surface area (Å²) in [5.74, 6) is -0.791. The molecule has 10 rings (SSSR count). The van der Waals surface area contributed by atoms with E-state index in [4.69, 9.17) is 83.6 Å². The van der Waals surface area contributed by atoms with E-state index in [0.717, 1.165) is 33.3 Å². The molecule has 0 spiro atoms. The number of alkyl halides is 2. The standard InChI is InChI=1S/C75H106Cl2N11O20PS2/c1-9-54-48(5)63-50(36-76)40-87(55(63)33-57(54)108-109(97,98)99)69(93)74-43-75(44-74,45-74)70(94)88-41-51(37-77)64-56(88)34-58(66-62(64)47(4)38-81-66)107-73(110)85(7)19-18-84(6)72(96)106-42-49-12-14-52(15-13-49)80-39-53(11-10-17-79-71(78)95)82-67(91)65(46(2)3)83-60(89)16-21-100-23-25-102-27-29-104-31-32-105-30-28-103-26-24-101-22-20-86-61(90)35-59(111-8)68(86)92/h12-15,33-35,38,46,50-51,53,65,80-81,90,92H,9-11,16-32,36-37,39-45H2,1-8H3,(H,82,91)(H,83,89)(H3,78,79,95)(H2,97,98,99). The van der Waals surface area contributed by atoms with Gasteiger partial charge < -0.3 is 104 Å². The highest BCUT2D eigenvalue weighted by atomic mass is 35.5. The SMILES string of the molecule is CCc1c(OP(=O)(O)O)cc2c(c1C)C(CCl)CN2C(=O)C12CC(C(=O)N3CC(CCl)c4c3cc(OC(=S)N(C)CCN(C)C(=O)OCc3ccc(NCC(CCCNC(N)=O)NC(=O)C(NC(=O)CCOCCOCCOCCOCCOCCOCCn5c(O)cc(SC)c5O)C(C)C)cc3)c3[nH]cc(C)c43)(C1)C2. The summed E-state index contributed by atoms with van der Waals surface area (Å²) in [5.41, 5.74) is 11.1. The van der Waals surface area contributed by atoms with Crippen molar-refractivity contribution in [1.29, 1.82) is 0 Å². The van der Waals surface area contributed by atoms with Crippen molar-refractivity contribution in [3.8, 4) is 23.3 Å². The van der Waals surface area contributed by atoms with Crippen LogP contribution in [0.1, 0.15) is 105 Å². The molecule has 612 valence electrons. The number of likely N-dealkylation sites (N-methyl/N-ethyl adjacent to an activating group) is 2. The van der Waals surface area contributed by atoms with Gasteiger partial charge in [0, 0.05) is 125 Å². The number of aryl methyl sites for hydroxylation is 1. The molecule has 5 aliphatic rings. The fourth-order valence-electron chi connectivity index (χ4n) is 14.8. The van der Waals surface area contributed by atoms with E-state index in [1.807, 2.05) is 77.4 Å². The van der Waals surface area contributed by atoms with Crippen molar-refractivity contribution >= 4 is 124 Å². The lowest BCUT2D eigenvalue weighted by molar-refractivity contribution is -0.205. The molecule has 2 aliphatic heterocycles. The summed E-state index contributed by atoms with van der Waals surface area (Å²) in [4.78, 5) is 111. The van der Waals surface area contributed by atoms with Crippen LogP contribution in [0, 0.1) is 30.6 Å². The number of anilines is 3. The second kappa shape index (κ2) is 40.6. The number of aromatic amines is 1. The number of aromatic nitrogens is 2. The Labute approximate surface area is 666 Å². The van der Waals surface area contributed by atoms with Gasteiger partial charge in [-0.25, -0.2) is 14.2 Å². The Balaban J connectivity index is 0.664. The van der Waals surface area contributed by atoms with E-state index in [9.17, 15) is 53.3 Å². The van der Waals surface area contributed by atoms with Gasteiger partial charge in [0.05, 0.1) is 118 Å². The number of nitrogens with zero attached hydrogens (tertiary/aromatic N) is 5. The number of amides is 7. The molecule has 4 unspecified atom stereocenters. The van der Waals surface area contributed by atoms with E-state index in [-0.39, 0.29) is 128 Å². The fourth-order valence-corrected chi connectivity index (χ4v) is 16.4. The van der Waals surface area contributed by atoms with Crippen LogP contribution in [0.25, 0.3) is 10.9 Å². The normalized spacial score (nSPS) is 18.0. The number of ether oxygens (including phenoxy) is 8. The molecule has 3 saturated carbocycles. The Morgan fingerprint density at radius 2 is 1.32 bits per heavy atom. The van der Waals surface area contributed by atoms with Crippen LogP contribution in [0.3, 0.4) is 0 Å². The molecule has 7 amide bonds. The number of thiocarbonyl (C=S) groups is 1. The van der Waals surface area contributed by atoms with Gasteiger partial charge in [-0.3, -0.25) is 33.5 Å². The number of nitrogens with one attached hydrogen (secondary N) is 5. The molecule has 3 aliphatic carbocycles. The predicted octanol–water partition coefficient (Wildman–Crippen LogP) is 8.50. The number of thioether (sulfide) groups is 1. The van der Waals surface area contributed by atoms with Crippen LogP contribution in [-0.4, -0.2) is 243 Å². The molecular formula is C75H106Cl2N11O20PS2. The number of benzene rings is 3. The molecule has 3 aromatic carbocycles. The number of H-pyrrole nitrogens is 1. The van der Waals surface area contributed by atoms with E-state index >= 15 is 0 Å². The number of hydrogen-bond acceptors (Lipinski definition) is 21. The number of fused-ring (bicyclic) bond motifs is 4. The van der Waals surface area contributed by atoms with E-state index in [1.54, 1.807) is 34.9 Å². The highest BCUT2D eigenvalue weighted by Crippen LogP contribution is 2.75. The quantitative estimate of drug-likeness (QED) is 0.00573. The number of urea groups is 1. The van der Waals surface area contributed by atoms with Crippen LogP contribution < -0.4 is 46.1 Å². The second-order valence-electron chi connectivity index (χ2n) is 28.7. The van der Waals surface area contributed by atoms with Crippen LogP contribution in [0.2, 0.25) is 0 Å². The Hall–Kier alpha value is -7.37. The first kappa shape index (κ1) is 87.6. The van der Waals surface area contributed by atoms with E-state index in [2.05, 4.69) is 26.3 Å². The number of carbonyl (C=O) groups is 6. The summed E-state index contributed by atoms with van der Waals surface area (Å²) < 4.78 is 64.1. The fraction of sp³-hybridized carbons (Fsp3) is 0.587. The Morgan fingerprint density at radius 3 is 1.86 bits per heavy atom. The lowest BCUT2D eigenvalue weighted by atomic mass is 9.34. The van der Waals surface area contributed by atoms with Gasteiger partial charge >= 0.3 is 19.9 Å². The maximum absolute atomic E-state index is 15.0. The number of aromatic hydroxyl groups is 2. The first-order chi connectivity index (χ1) is 53.1. The molecule has 5 aromatic rings. The van der Waals surface area contributed by atoms with Crippen molar-refractivity contribution in [2.45, 2.75) is 122 Å². The summed E-state index contributed by atoms with van der Waals surface area (Å²) in [5, 5.41) is 32.9. The van der Waals surface area contributed by atoms with Crippen molar-refractivity contribution in [2.24, 2.45) is 22.5 Å². The molecular weight excluding hydrogens is 1540 g/mol. The van der Waals surface area contributed by atoms with Gasteiger partial charge in [-0.15, -0.1) is 35.0 Å². The van der Waals surface area contributed by atoms with Gasteiger partial charge in [0.1, 0.15) is 18.4 Å². The monoisotopic (exact) mass is 1650 g/mol. The summed E-state index contributed by atoms with van der Waals surface area (Å²) in [6.45, 7) is 15.3. The molecule has 2 bridgehead atoms. The van der Waals surface area contributed by atoms with Gasteiger partial charge in [-0.2, -0.15) is 0 Å². The average Bonchev–Trinajstić information content (AvgIpc) is 1.59. The molecule has 4 heterocycles. The molecule has 36 heteroatoms. The first-order valence-electron chi connectivity index (χ1n) is 37.3. The van der Waals surface area contributed by atoms with E-state index < -0.39 is 42.9 Å². The third kappa shape index (κ3) is 22.4. The molecule has 111 heavy (non-hydrogen) atoms. The maximum Gasteiger partial charge on any atom is 0.524 e. The Morgan fingerprint density at radius 1 is 0.775 bits per heavy atom. The first-order valence-corrected chi connectivity index (χ1v) is 41.5. The van der Waals surface area contributed by atoms with Crippen molar-refractivity contribution in [1.82, 2.24) is 35.3 Å². The molecule has 4 atom stereocenters. The number of hydrogen-bond donors (Lipinski definition) is 10. The van der Waals surface area contributed by atoms with Gasteiger partial charge in [-0.1, -0.05) is 32.9 Å². The van der Waals surface area contributed by atoms with Crippen molar-refractivity contribution in [3.63, 3.8) is 0 Å². The molecule has 11 N–H and O–H groups in total. The lowest BCUT2D eigenvalue weighted by Gasteiger charge is -2.69. The minimum Gasteiger partial charge on any atom is -0.494 e. The van der Waals surface area contributed by atoms with Crippen LogP contribution in [0.15, 0.2) is 53.6 Å². The smallest absolute Gasteiger partial charge is 0.494 e. The second-order valence-corrected chi connectivity index (χ2v) is 31.7. The van der Waals surface area contributed by atoms with Crippen LogP contribution >= 0.6 is 55.0 Å². The number of primary amides is 1. The Bertz CT molecular complexity index is 4090. The summed E-state index contributed by atoms with van der Waals surface area (Å²) in [6, 6.07) is 10.2. The zero-order valence-electron chi connectivity index (χ0n) is 64.2. The molecule has 0 radical (unpaired) electrons. The minimum absolute atomic E-state index is 0.0151. The van der Waals surface area contributed by atoms with E-state index in [1.165, 1.54) is 27.3 Å². The van der Waals surface area contributed by atoms with Crippen molar-refractivity contribution in [2.75, 3.05) is 166 Å². The van der Waals surface area contributed by atoms with Crippen LogP contribution in [0.4, 0.5) is 26.7 Å². The van der Waals surface area contributed by atoms with Gasteiger partial charge in [-0.05, 0) is 122 Å². The Kier molecular flexibility index (Phi) is 32.0. The summed E-state index contributed by atoms with van der Waals surface area (Å²) >= 11 is 20.4. The number of carbonyl (C=O) groups excluding carboxylic acids is 6. The predicted molar refractivity (Wildman–Crippen MR) is 425 cm³/mol. The van der Waals surface area contributed by atoms with Crippen LogP contribution in [-0.2, 0) is 76.5 Å². The number of phosphoric ester groups is 1. The maximum atomic E-state index is 15.0. The topological polar surface area (TPSA) is 391 Å². The van der Waals surface area contributed by atoms with E-state index in [0.29, 0.717) is 163 Å². The summed E-state index contributed by atoms with van der Waals surface area (Å²) in [7, 11) is -1.57. The largest absolute Gasteiger partial charge is 0.524 e. The molecule has 31 nitrogen and oxygen atoms in total. The molecule has 0 saturated heterocycles. The lowest BCUT2D eigenvalue weighted by Crippen LogP contribution is -2.73. The van der Waals surface area contributed by atoms with Crippen molar-refractivity contribution < 1.29 is 95.8 Å². The average molecular weight is 1650 g/mol. The van der Waals surface area contributed by atoms with Crippen molar-refractivity contribution in [3.05, 3.63) is 82.0 Å². The number of rotatable bonds is 46. The minimum atomic E-state index is -4.93. The van der Waals surface area contributed by atoms with Crippen LogP contribution in [0.5, 0.6) is 23.3 Å². The molecule has 3 fully saturated rings. The zero-order chi connectivity index (χ0) is 80.3. The third-order valence-corrected chi connectivity index (χ3v) is 22.9. The van der Waals surface area contributed by atoms with Gasteiger partial charge in [0.25, 0.3) is 5.17 Å². The van der Waals surface area contributed by atoms with Gasteiger partial charge in [0.15, 0.2) is 11.6 Å². The van der Waals surface area contributed by atoms with Gasteiger partial charge in [0.2, 0.25) is 29.5 Å². The molecule has 2 aromatic heterocycles. The highest BCUT2D eigenvalue weighted by Gasteiger charge is 2.76. The highest BCUT2D eigenvalue weighted by molar-refractivity contribution is 7.98. The zero-order valence-corrected chi connectivity index (χ0v) is 68.2. The number of phosphoric acid groups is 1. The number of halogens is 2.